The van der Waals surface area contributed by atoms with Crippen LogP contribution in [-0.2, 0) is 11.8 Å². The predicted molar refractivity (Wildman–Crippen MR) is 103 cm³/mol. The van der Waals surface area contributed by atoms with Gasteiger partial charge in [0.1, 0.15) is 7.05 Å². The Morgan fingerprint density at radius 1 is 1.04 bits per heavy atom. The second-order valence-electron chi connectivity index (χ2n) is 6.11. The molecule has 3 rings (SSSR count). The molecule has 4 nitrogen and oxygen atoms in total. The molecule has 0 aliphatic rings. The van der Waals surface area contributed by atoms with E-state index in [2.05, 4.69) is 53.3 Å². The molecule has 0 unspecified atom stereocenters. The highest BCUT2D eigenvalue weighted by Gasteiger charge is 2.08. The molecule has 3 aromatic rings. The number of carbonyl (C=O) groups is 1. The Morgan fingerprint density at radius 3 is 2.48 bits per heavy atom. The highest BCUT2D eigenvalue weighted by atomic mass is 16.2. The maximum atomic E-state index is 11.6. The average molecular weight is 332 g/mol. The van der Waals surface area contributed by atoms with Gasteiger partial charge in [-0.15, -0.1) is 0 Å². The lowest BCUT2D eigenvalue weighted by Crippen LogP contribution is -2.32. The lowest BCUT2D eigenvalue weighted by atomic mass is 10.1. The van der Waals surface area contributed by atoms with Gasteiger partial charge < -0.3 is 11.1 Å². The van der Waals surface area contributed by atoms with Crippen molar-refractivity contribution in [2.45, 2.75) is 13.0 Å². The van der Waals surface area contributed by atoms with Crippen LogP contribution in [0.1, 0.15) is 18.2 Å². The topological polar surface area (TPSA) is 59.0 Å². The van der Waals surface area contributed by atoms with Gasteiger partial charge in [0.25, 0.3) is 0 Å². The van der Waals surface area contributed by atoms with Crippen molar-refractivity contribution in [3.63, 3.8) is 0 Å². The monoisotopic (exact) mass is 332 g/mol. The van der Waals surface area contributed by atoms with Crippen molar-refractivity contribution in [1.82, 2.24) is 0 Å². The molecule has 1 amide bonds. The number of pyridine rings is 1. The largest absolute Gasteiger partial charge is 0.325 e. The lowest BCUT2D eigenvalue weighted by Gasteiger charge is -2.07. The quantitative estimate of drug-likeness (QED) is 0.721. The van der Waals surface area contributed by atoms with E-state index < -0.39 is 6.04 Å². The molecular formula is C21H22N3O+. The molecule has 1 aromatic heterocycles. The summed E-state index contributed by atoms with van der Waals surface area (Å²) < 4.78 is 2.17. The van der Waals surface area contributed by atoms with Crippen LogP contribution in [0.2, 0.25) is 0 Å². The molecule has 3 N–H and O–H groups in total. The number of para-hydroxylation sites is 1. The summed E-state index contributed by atoms with van der Waals surface area (Å²) in [5, 5.41) is 4.00. The predicted octanol–water partition coefficient (Wildman–Crippen LogP) is 3.12. The van der Waals surface area contributed by atoms with Gasteiger partial charge in [0.2, 0.25) is 17.1 Å². The Bertz CT molecular complexity index is 928. The van der Waals surface area contributed by atoms with E-state index >= 15 is 0 Å². The van der Waals surface area contributed by atoms with E-state index in [0.29, 0.717) is 0 Å². The third-order valence-electron chi connectivity index (χ3n) is 4.16. The molecule has 0 bridgehead atoms. The van der Waals surface area contributed by atoms with Crippen molar-refractivity contribution in [1.29, 1.82) is 0 Å². The Balaban J connectivity index is 1.78. The fourth-order valence-corrected chi connectivity index (χ4v) is 2.64. The molecule has 2 aromatic carbocycles. The summed E-state index contributed by atoms with van der Waals surface area (Å²) in [7, 11) is 2.06. The highest BCUT2D eigenvalue weighted by molar-refractivity contribution is 5.94. The number of hydrogen-bond acceptors (Lipinski definition) is 2. The van der Waals surface area contributed by atoms with Crippen molar-refractivity contribution in [3.8, 4) is 0 Å². The fourth-order valence-electron chi connectivity index (χ4n) is 2.64. The number of amides is 1. The Labute approximate surface area is 147 Å². The summed E-state index contributed by atoms with van der Waals surface area (Å²) in [4.78, 5) is 11.6. The van der Waals surface area contributed by atoms with Gasteiger partial charge >= 0.3 is 0 Å². The smallest absolute Gasteiger partial charge is 0.240 e. The van der Waals surface area contributed by atoms with E-state index in [0.717, 1.165) is 16.9 Å². The highest BCUT2D eigenvalue weighted by Crippen LogP contribution is 2.14. The van der Waals surface area contributed by atoms with E-state index in [4.69, 9.17) is 5.73 Å². The van der Waals surface area contributed by atoms with E-state index in [1.54, 1.807) is 6.92 Å². The van der Waals surface area contributed by atoms with Crippen LogP contribution in [0.4, 0.5) is 5.69 Å². The molecule has 1 atom stereocenters. The number of fused-ring (bicyclic) bond motifs is 1. The van der Waals surface area contributed by atoms with Crippen LogP contribution in [-0.4, -0.2) is 11.9 Å². The number of nitrogens with two attached hydrogens (primary N) is 1. The fraction of sp³-hybridized carbons (Fsp3) is 0.143. The minimum absolute atomic E-state index is 0.188. The molecule has 0 aliphatic carbocycles. The van der Waals surface area contributed by atoms with Gasteiger partial charge in [-0.3, -0.25) is 4.79 Å². The van der Waals surface area contributed by atoms with Gasteiger partial charge in [-0.1, -0.05) is 24.3 Å². The Morgan fingerprint density at radius 2 is 1.76 bits per heavy atom. The average Bonchev–Trinajstić information content (AvgIpc) is 2.62. The second kappa shape index (κ2) is 7.28. The Kier molecular flexibility index (Phi) is 4.91. The van der Waals surface area contributed by atoms with Gasteiger partial charge in [0, 0.05) is 29.3 Å². The standard InChI is InChI=1S/C21H21N3O/c1-15(22)21(25)23-18-11-7-16(8-12-18)9-13-19-14-10-17-5-3-4-6-20(17)24(19)2/h3-15H,22H2,1-2H3/p+1/t15-/m0/s1. The molecule has 4 heteroatoms. The van der Waals surface area contributed by atoms with Crippen molar-refractivity contribution in [2.24, 2.45) is 12.8 Å². The van der Waals surface area contributed by atoms with Crippen LogP contribution in [0, 0.1) is 0 Å². The number of rotatable bonds is 4. The third kappa shape index (κ3) is 3.92. The Hall–Kier alpha value is -2.98. The first kappa shape index (κ1) is 16.9. The van der Waals surface area contributed by atoms with Gasteiger partial charge in [0.15, 0.2) is 0 Å². The van der Waals surface area contributed by atoms with E-state index in [1.807, 2.05) is 36.4 Å². The molecule has 0 saturated carbocycles. The van der Waals surface area contributed by atoms with Gasteiger partial charge in [-0.2, -0.15) is 4.57 Å². The summed E-state index contributed by atoms with van der Waals surface area (Å²) in [6.07, 6.45) is 4.14. The summed E-state index contributed by atoms with van der Waals surface area (Å²) >= 11 is 0. The van der Waals surface area contributed by atoms with E-state index in [9.17, 15) is 4.79 Å². The molecular weight excluding hydrogens is 310 g/mol. The van der Waals surface area contributed by atoms with Crippen molar-refractivity contribution in [2.75, 3.05) is 5.32 Å². The van der Waals surface area contributed by atoms with E-state index in [-0.39, 0.29) is 5.91 Å². The first-order valence-electron chi connectivity index (χ1n) is 8.27. The number of aryl methyl sites for hydroxylation is 1. The number of nitrogens with zero attached hydrogens (tertiary/aromatic N) is 1. The van der Waals surface area contributed by atoms with Crippen LogP contribution in [0.25, 0.3) is 23.1 Å². The van der Waals surface area contributed by atoms with Gasteiger partial charge in [-0.05, 0) is 42.8 Å². The zero-order valence-electron chi connectivity index (χ0n) is 14.4. The zero-order valence-corrected chi connectivity index (χ0v) is 14.4. The molecule has 0 saturated heterocycles. The first-order chi connectivity index (χ1) is 12.0. The molecule has 1 heterocycles. The van der Waals surface area contributed by atoms with Crippen molar-refractivity contribution in [3.05, 3.63) is 71.9 Å². The normalized spacial score (nSPS) is 12.4. The summed E-state index contributed by atoms with van der Waals surface area (Å²) in [6, 6.07) is 19.7. The zero-order chi connectivity index (χ0) is 17.8. The molecule has 0 aliphatic heterocycles. The van der Waals surface area contributed by atoms with Crippen molar-refractivity contribution >= 4 is 34.6 Å². The maximum Gasteiger partial charge on any atom is 0.240 e. The summed E-state index contributed by atoms with van der Waals surface area (Å²) in [5.41, 5.74) is 9.67. The third-order valence-corrected chi connectivity index (χ3v) is 4.16. The van der Waals surface area contributed by atoms with E-state index in [1.165, 1.54) is 10.9 Å². The summed E-state index contributed by atoms with van der Waals surface area (Å²) in [5.74, 6) is -0.188. The number of benzene rings is 2. The first-order valence-corrected chi connectivity index (χ1v) is 8.27. The van der Waals surface area contributed by atoms with Gasteiger partial charge in [0.05, 0.1) is 6.04 Å². The molecule has 0 spiro atoms. The van der Waals surface area contributed by atoms with Crippen molar-refractivity contribution < 1.29 is 9.36 Å². The number of nitrogens with one attached hydrogen (secondary N) is 1. The van der Waals surface area contributed by atoms with Crippen LogP contribution >= 0.6 is 0 Å². The van der Waals surface area contributed by atoms with Gasteiger partial charge in [-0.25, -0.2) is 0 Å². The lowest BCUT2D eigenvalue weighted by molar-refractivity contribution is -0.646. The number of aromatic nitrogens is 1. The molecule has 0 fully saturated rings. The second-order valence-corrected chi connectivity index (χ2v) is 6.11. The molecule has 126 valence electrons. The van der Waals surface area contributed by atoms with Crippen LogP contribution in [0.3, 0.4) is 0 Å². The molecule has 25 heavy (non-hydrogen) atoms. The number of carbonyl (C=O) groups excluding carboxylic acids is 1. The summed E-state index contributed by atoms with van der Waals surface area (Å²) in [6.45, 7) is 1.66. The SMILES string of the molecule is C[C@H](N)C(=O)Nc1ccc(C=Cc2ccc3ccccc3[n+]2C)cc1. The number of hydrogen-bond donors (Lipinski definition) is 2. The number of anilines is 1. The van der Waals surface area contributed by atoms with Crippen LogP contribution in [0.5, 0.6) is 0 Å². The minimum Gasteiger partial charge on any atom is -0.325 e. The minimum atomic E-state index is -0.521. The maximum absolute atomic E-state index is 11.6. The van der Waals surface area contributed by atoms with Crippen LogP contribution in [0.15, 0.2) is 60.7 Å². The van der Waals surface area contributed by atoms with Crippen LogP contribution < -0.4 is 15.6 Å². The molecule has 0 radical (unpaired) electrons.